The number of nitrogens with one attached hydrogen (secondary N) is 1. The SMILES string of the molecule is CC.CC.CC.CCCCN(CCOCCOCCOCCNC(=O)C(C)(C)CC)CC(=O)O. The van der Waals surface area contributed by atoms with Gasteiger partial charge in [-0.2, -0.15) is 0 Å². The topological polar surface area (TPSA) is 97.3 Å². The molecule has 8 nitrogen and oxygen atoms in total. The molecule has 0 unspecified atom stereocenters. The van der Waals surface area contributed by atoms with E-state index in [9.17, 15) is 9.59 Å². The highest BCUT2D eigenvalue weighted by molar-refractivity contribution is 5.81. The van der Waals surface area contributed by atoms with Crippen LogP contribution in [0, 0.1) is 5.41 Å². The number of carbonyl (C=O) groups is 2. The van der Waals surface area contributed by atoms with E-state index in [4.69, 9.17) is 19.3 Å². The molecule has 0 aliphatic rings. The van der Waals surface area contributed by atoms with Gasteiger partial charge >= 0.3 is 5.97 Å². The van der Waals surface area contributed by atoms with Crippen molar-refractivity contribution < 1.29 is 28.9 Å². The highest BCUT2D eigenvalue weighted by atomic mass is 16.5. The van der Waals surface area contributed by atoms with E-state index in [1.165, 1.54) is 0 Å². The van der Waals surface area contributed by atoms with Crippen molar-refractivity contribution in [1.29, 1.82) is 0 Å². The molecule has 0 aliphatic heterocycles. The largest absolute Gasteiger partial charge is 0.480 e. The maximum atomic E-state index is 11.9. The predicted octanol–water partition coefficient (Wildman–Crippen LogP) is 4.85. The number of carboxylic acids is 1. The van der Waals surface area contributed by atoms with Crippen LogP contribution in [0.5, 0.6) is 0 Å². The number of rotatable bonds is 19. The molecule has 0 atom stereocenters. The minimum Gasteiger partial charge on any atom is -0.480 e. The quantitative estimate of drug-likeness (QED) is 0.248. The van der Waals surface area contributed by atoms with Crippen molar-refractivity contribution in [2.45, 2.75) is 88.5 Å². The summed E-state index contributed by atoms with van der Waals surface area (Å²) in [5.41, 5.74) is -0.343. The van der Waals surface area contributed by atoms with E-state index in [1.807, 2.05) is 67.2 Å². The molecule has 0 rings (SSSR count). The Labute approximate surface area is 211 Å². The number of carbonyl (C=O) groups excluding carboxylic acids is 1. The summed E-state index contributed by atoms with van der Waals surface area (Å²) in [4.78, 5) is 24.6. The molecule has 0 aromatic heterocycles. The molecule has 0 aliphatic carbocycles. The number of hydrogen-bond donors (Lipinski definition) is 2. The van der Waals surface area contributed by atoms with Crippen LogP contribution in [-0.2, 0) is 23.8 Å². The number of aliphatic carboxylic acids is 1. The van der Waals surface area contributed by atoms with Gasteiger partial charge in [-0.25, -0.2) is 0 Å². The third-order valence-corrected chi connectivity index (χ3v) is 4.51. The van der Waals surface area contributed by atoms with Gasteiger partial charge in [0, 0.05) is 18.5 Å². The van der Waals surface area contributed by atoms with E-state index in [0.29, 0.717) is 52.7 Å². The first-order valence-electron chi connectivity index (χ1n) is 13.3. The van der Waals surface area contributed by atoms with Crippen LogP contribution >= 0.6 is 0 Å². The lowest BCUT2D eigenvalue weighted by Crippen LogP contribution is -2.38. The maximum Gasteiger partial charge on any atom is 0.317 e. The molecular formula is C26H58N2O6. The Kier molecular flexibility index (Phi) is 37.4. The van der Waals surface area contributed by atoms with Crippen molar-refractivity contribution >= 4 is 11.9 Å². The summed E-state index contributed by atoms with van der Waals surface area (Å²) in [5.74, 6) is -0.767. The summed E-state index contributed by atoms with van der Waals surface area (Å²) in [7, 11) is 0. The summed E-state index contributed by atoms with van der Waals surface area (Å²) in [5, 5.41) is 11.8. The molecular weight excluding hydrogens is 436 g/mol. The number of amides is 1. The number of carboxylic acid groups (broad SMARTS) is 1. The Morgan fingerprint density at radius 2 is 1.26 bits per heavy atom. The fourth-order valence-electron chi connectivity index (χ4n) is 2.22. The molecule has 0 aromatic carbocycles. The van der Waals surface area contributed by atoms with Gasteiger partial charge in [-0.3, -0.25) is 14.5 Å². The molecule has 2 N–H and O–H groups in total. The van der Waals surface area contributed by atoms with Crippen molar-refractivity contribution in [2.75, 3.05) is 65.8 Å². The van der Waals surface area contributed by atoms with Gasteiger partial charge in [-0.15, -0.1) is 0 Å². The van der Waals surface area contributed by atoms with E-state index in [0.717, 1.165) is 25.8 Å². The average Bonchev–Trinajstić information content (AvgIpc) is 2.86. The van der Waals surface area contributed by atoms with E-state index < -0.39 is 5.97 Å². The third-order valence-electron chi connectivity index (χ3n) is 4.51. The fraction of sp³-hybridized carbons (Fsp3) is 0.923. The molecule has 0 bridgehead atoms. The average molecular weight is 495 g/mol. The van der Waals surface area contributed by atoms with Gasteiger partial charge in [0.15, 0.2) is 0 Å². The van der Waals surface area contributed by atoms with E-state index >= 15 is 0 Å². The van der Waals surface area contributed by atoms with Gasteiger partial charge in [0.05, 0.1) is 46.2 Å². The Morgan fingerprint density at radius 1 is 0.794 bits per heavy atom. The van der Waals surface area contributed by atoms with Crippen molar-refractivity contribution in [3.05, 3.63) is 0 Å². The van der Waals surface area contributed by atoms with E-state index in [1.54, 1.807) is 0 Å². The summed E-state index contributed by atoms with van der Waals surface area (Å²) in [6.07, 6.45) is 2.82. The Hall–Kier alpha value is -1.22. The van der Waals surface area contributed by atoms with Crippen LogP contribution < -0.4 is 5.32 Å². The van der Waals surface area contributed by atoms with Gasteiger partial charge in [0.25, 0.3) is 0 Å². The smallest absolute Gasteiger partial charge is 0.317 e. The van der Waals surface area contributed by atoms with Gasteiger partial charge in [-0.05, 0) is 19.4 Å². The second-order valence-electron chi connectivity index (χ2n) is 7.35. The third kappa shape index (κ3) is 28.8. The molecule has 8 heteroatoms. The number of unbranched alkanes of at least 4 members (excludes halogenated alkanes) is 1. The summed E-state index contributed by atoms with van der Waals surface area (Å²) >= 11 is 0. The molecule has 0 spiro atoms. The van der Waals surface area contributed by atoms with Gasteiger partial charge in [-0.1, -0.05) is 75.7 Å². The van der Waals surface area contributed by atoms with Crippen molar-refractivity contribution in [1.82, 2.24) is 10.2 Å². The van der Waals surface area contributed by atoms with Crippen LogP contribution in [0.25, 0.3) is 0 Å². The predicted molar refractivity (Wildman–Crippen MR) is 143 cm³/mol. The molecule has 34 heavy (non-hydrogen) atoms. The monoisotopic (exact) mass is 494 g/mol. The van der Waals surface area contributed by atoms with Crippen molar-refractivity contribution in [3.8, 4) is 0 Å². The van der Waals surface area contributed by atoms with E-state index in [2.05, 4.69) is 12.2 Å². The maximum absolute atomic E-state index is 11.9. The van der Waals surface area contributed by atoms with Crippen molar-refractivity contribution in [3.63, 3.8) is 0 Å². The first-order chi connectivity index (χ1) is 16.3. The van der Waals surface area contributed by atoms with Gasteiger partial charge in [0.2, 0.25) is 5.91 Å². The van der Waals surface area contributed by atoms with Crippen LogP contribution in [0.3, 0.4) is 0 Å². The lowest BCUT2D eigenvalue weighted by Gasteiger charge is -2.21. The van der Waals surface area contributed by atoms with Crippen LogP contribution in [0.4, 0.5) is 0 Å². The van der Waals surface area contributed by atoms with Gasteiger partial charge in [0.1, 0.15) is 0 Å². The zero-order chi connectivity index (χ0) is 27.3. The Morgan fingerprint density at radius 3 is 1.71 bits per heavy atom. The number of ether oxygens (including phenoxy) is 3. The molecule has 0 saturated heterocycles. The molecule has 0 heterocycles. The molecule has 1 amide bonds. The first kappa shape index (κ1) is 40.0. The second kappa shape index (κ2) is 31.8. The highest BCUT2D eigenvalue weighted by Gasteiger charge is 2.24. The van der Waals surface area contributed by atoms with Crippen LogP contribution in [0.2, 0.25) is 0 Å². The van der Waals surface area contributed by atoms with E-state index in [-0.39, 0.29) is 17.9 Å². The second-order valence-corrected chi connectivity index (χ2v) is 7.35. The molecule has 0 radical (unpaired) electrons. The molecule has 0 saturated carbocycles. The highest BCUT2D eigenvalue weighted by Crippen LogP contribution is 2.18. The summed E-state index contributed by atoms with van der Waals surface area (Å²) in [6, 6.07) is 0. The van der Waals surface area contributed by atoms with Crippen LogP contribution in [0.1, 0.15) is 88.5 Å². The van der Waals surface area contributed by atoms with Crippen LogP contribution in [-0.4, -0.2) is 87.7 Å². The lowest BCUT2D eigenvalue weighted by molar-refractivity contribution is -0.138. The molecule has 208 valence electrons. The standard InChI is InChI=1S/C20H40N2O6.3C2H6/c1-5-7-9-22(17-18(23)24)10-12-27-14-16-28-15-13-26-11-8-21-19(25)20(3,4)6-2;3*1-2/h5-17H2,1-4H3,(H,21,25)(H,23,24);3*1-2H3. The fourth-order valence-corrected chi connectivity index (χ4v) is 2.22. The number of hydrogen-bond acceptors (Lipinski definition) is 6. The molecule has 0 fully saturated rings. The number of nitrogens with zero attached hydrogens (tertiary/aromatic N) is 1. The Balaban J connectivity index is -0.000000689. The van der Waals surface area contributed by atoms with Crippen LogP contribution in [0.15, 0.2) is 0 Å². The lowest BCUT2D eigenvalue weighted by atomic mass is 9.89. The zero-order valence-corrected chi connectivity index (χ0v) is 24.1. The summed E-state index contributed by atoms with van der Waals surface area (Å²) in [6.45, 7) is 24.7. The first-order valence-corrected chi connectivity index (χ1v) is 13.3. The normalized spacial score (nSPS) is 10.2. The minimum atomic E-state index is -0.812. The zero-order valence-electron chi connectivity index (χ0n) is 24.1. The molecule has 0 aromatic rings. The van der Waals surface area contributed by atoms with Gasteiger partial charge < -0.3 is 24.6 Å². The van der Waals surface area contributed by atoms with Crippen molar-refractivity contribution in [2.24, 2.45) is 5.41 Å². The minimum absolute atomic E-state index is 0.0450. The Bertz CT molecular complexity index is 420. The summed E-state index contributed by atoms with van der Waals surface area (Å²) < 4.78 is 16.3.